The molecular formula is C37H50N4O9S2. The molecule has 13 nitrogen and oxygen atoms in total. The van der Waals surface area contributed by atoms with E-state index >= 15 is 0 Å². The second-order valence-corrected chi connectivity index (χ2v) is 16.4. The Morgan fingerprint density at radius 3 is 2.21 bits per heavy atom. The van der Waals surface area contributed by atoms with Gasteiger partial charge in [-0.3, -0.25) is 18.6 Å². The van der Waals surface area contributed by atoms with Crippen LogP contribution in [0, 0.1) is 19.3 Å². The summed E-state index contributed by atoms with van der Waals surface area (Å²) in [6.07, 6.45) is -0.819. The smallest absolute Gasteiger partial charge is 0.297 e. The predicted molar refractivity (Wildman–Crippen MR) is 197 cm³/mol. The summed E-state index contributed by atoms with van der Waals surface area (Å²) < 4.78 is 40.3. The van der Waals surface area contributed by atoms with Gasteiger partial charge in [0.05, 0.1) is 66.2 Å². The number of aliphatic hydroxyl groups is 1. The number of likely N-dealkylation sites (tertiary alicyclic amines) is 1. The largest absolute Gasteiger partial charge is 0.391 e. The fraction of sp³-hybridized carbons (Fsp3) is 0.514. The zero-order chi connectivity index (χ0) is 38.1. The van der Waals surface area contributed by atoms with Gasteiger partial charge in [-0.15, -0.1) is 11.3 Å². The van der Waals surface area contributed by atoms with Crippen LogP contribution in [0.5, 0.6) is 0 Å². The summed E-state index contributed by atoms with van der Waals surface area (Å²) in [4.78, 5) is 47.2. The molecule has 2 aromatic carbocycles. The molecule has 3 N–H and O–H groups in total. The molecule has 0 radical (unpaired) electrons. The highest BCUT2D eigenvalue weighted by Crippen LogP contribution is 2.29. The average molecular weight is 759 g/mol. The fourth-order valence-electron chi connectivity index (χ4n) is 5.71. The molecule has 4 rings (SSSR count). The number of thiazole rings is 1. The number of hydrogen-bond donors (Lipinski definition) is 3. The Bertz CT molecular complexity index is 1760. The third-order valence-electron chi connectivity index (χ3n) is 8.68. The first kappa shape index (κ1) is 41.0. The van der Waals surface area contributed by atoms with Crippen LogP contribution < -0.4 is 10.6 Å². The Hall–Kier alpha value is -3.73. The number of nitrogens with zero attached hydrogens (tertiary/aromatic N) is 2. The molecule has 1 aliphatic rings. The zero-order valence-corrected chi connectivity index (χ0v) is 32.2. The lowest BCUT2D eigenvalue weighted by Gasteiger charge is -2.35. The molecule has 0 saturated carbocycles. The van der Waals surface area contributed by atoms with E-state index in [0.717, 1.165) is 27.3 Å². The summed E-state index contributed by atoms with van der Waals surface area (Å²) in [5.41, 5.74) is 4.94. The van der Waals surface area contributed by atoms with Crippen LogP contribution in [0.4, 0.5) is 0 Å². The highest BCUT2D eigenvalue weighted by Gasteiger charge is 2.44. The maximum absolute atomic E-state index is 13.9. The molecule has 4 atom stereocenters. The third kappa shape index (κ3) is 11.4. The fourth-order valence-corrected chi connectivity index (χ4v) is 7.42. The number of rotatable bonds is 17. The second kappa shape index (κ2) is 18.3. The number of hydrogen-bond acceptors (Lipinski definition) is 11. The van der Waals surface area contributed by atoms with Crippen LogP contribution in [0.25, 0.3) is 10.4 Å². The molecule has 3 aromatic rings. The maximum atomic E-state index is 13.9. The summed E-state index contributed by atoms with van der Waals surface area (Å²) in [5.74, 6) is -1.24. The van der Waals surface area contributed by atoms with Gasteiger partial charge >= 0.3 is 0 Å². The number of nitrogens with one attached hydrogen (secondary N) is 2. The number of carbonyl (C=O) groups is 3. The van der Waals surface area contributed by atoms with E-state index in [4.69, 9.17) is 13.7 Å². The molecule has 3 amide bonds. The minimum atomic E-state index is -3.87. The first-order valence-corrected chi connectivity index (χ1v) is 19.6. The molecular weight excluding hydrogens is 709 g/mol. The van der Waals surface area contributed by atoms with E-state index in [1.165, 1.54) is 17.0 Å². The number of aryl methyl sites for hydroxylation is 2. The van der Waals surface area contributed by atoms with Gasteiger partial charge < -0.3 is 30.1 Å². The van der Waals surface area contributed by atoms with E-state index in [9.17, 15) is 27.9 Å². The summed E-state index contributed by atoms with van der Waals surface area (Å²) >= 11 is 1.57. The van der Waals surface area contributed by atoms with Crippen molar-refractivity contribution in [1.29, 1.82) is 0 Å². The van der Waals surface area contributed by atoms with Crippen molar-refractivity contribution < 1.29 is 41.6 Å². The molecule has 1 saturated heterocycles. The zero-order valence-electron chi connectivity index (χ0n) is 30.6. The molecule has 2 unspecified atom stereocenters. The molecule has 1 aliphatic heterocycles. The number of aromatic nitrogens is 1. The van der Waals surface area contributed by atoms with Gasteiger partial charge in [0, 0.05) is 19.4 Å². The minimum Gasteiger partial charge on any atom is -0.391 e. The van der Waals surface area contributed by atoms with E-state index in [0.29, 0.717) is 0 Å². The standard InChI is InChI=1S/C37H50N4O9S2/c1-24-7-13-30(14-8-24)52(46,47)50-20-19-49-18-17-48-16-15-32(43)40-34(37(4,5)6)36(45)41-22-29(42)21-31(41)35(44)39-25(2)27-9-11-28(12-10-27)33-26(3)38-23-51-33/h7-14,23,25,29,31,34,42H,15-22H2,1-6H3,(H,39,44)(H,40,43)/t25?,29-,31+,34?/m1/s1. The summed E-state index contributed by atoms with van der Waals surface area (Å²) in [5, 5.41) is 16.3. The Morgan fingerprint density at radius 2 is 1.60 bits per heavy atom. The Labute approximate surface area is 310 Å². The van der Waals surface area contributed by atoms with Crippen LogP contribution in [0.3, 0.4) is 0 Å². The van der Waals surface area contributed by atoms with Crippen LogP contribution in [0.2, 0.25) is 0 Å². The van der Waals surface area contributed by atoms with Crippen LogP contribution in [-0.4, -0.2) is 98.9 Å². The van der Waals surface area contributed by atoms with E-state index in [1.807, 2.05) is 65.8 Å². The van der Waals surface area contributed by atoms with Gasteiger partial charge in [-0.1, -0.05) is 62.7 Å². The summed E-state index contributed by atoms with van der Waals surface area (Å²) in [6, 6.07) is 12.0. The first-order chi connectivity index (χ1) is 24.6. The van der Waals surface area contributed by atoms with E-state index in [-0.39, 0.29) is 69.3 Å². The Balaban J connectivity index is 1.21. The molecule has 1 aromatic heterocycles. The quantitative estimate of drug-likeness (QED) is 0.135. The lowest BCUT2D eigenvalue weighted by Crippen LogP contribution is -2.58. The molecule has 0 bridgehead atoms. The maximum Gasteiger partial charge on any atom is 0.297 e. The molecule has 0 spiro atoms. The topological polar surface area (TPSA) is 173 Å². The SMILES string of the molecule is Cc1ccc(S(=O)(=O)OCCOCCOCCC(=O)NC(C(=O)N2C[C@H](O)C[C@H]2C(=O)NC(C)c2ccc(-c3scnc3C)cc2)C(C)(C)C)cc1. The monoisotopic (exact) mass is 758 g/mol. The summed E-state index contributed by atoms with van der Waals surface area (Å²) in [7, 11) is -3.87. The number of amides is 3. The number of ether oxygens (including phenoxy) is 2. The van der Waals surface area contributed by atoms with Crippen LogP contribution >= 0.6 is 11.3 Å². The molecule has 15 heteroatoms. The molecule has 284 valence electrons. The van der Waals surface area contributed by atoms with Crippen molar-refractivity contribution >= 4 is 39.2 Å². The normalized spacial score (nSPS) is 17.5. The van der Waals surface area contributed by atoms with Gasteiger partial charge in [0.1, 0.15) is 12.1 Å². The molecule has 0 aliphatic carbocycles. The number of benzene rings is 2. The lowest BCUT2D eigenvalue weighted by atomic mass is 9.85. The average Bonchev–Trinajstić information content (AvgIpc) is 3.71. The van der Waals surface area contributed by atoms with Crippen molar-refractivity contribution in [2.75, 3.05) is 39.6 Å². The van der Waals surface area contributed by atoms with Crippen molar-refractivity contribution in [3.63, 3.8) is 0 Å². The molecule has 2 heterocycles. The van der Waals surface area contributed by atoms with Crippen LogP contribution in [0.15, 0.2) is 58.9 Å². The van der Waals surface area contributed by atoms with Gasteiger partial charge in [-0.05, 0) is 49.4 Å². The number of carbonyl (C=O) groups excluding carboxylic acids is 3. The van der Waals surface area contributed by atoms with E-state index in [2.05, 4.69) is 15.6 Å². The molecule has 52 heavy (non-hydrogen) atoms. The van der Waals surface area contributed by atoms with Crippen molar-refractivity contribution in [2.24, 2.45) is 5.41 Å². The van der Waals surface area contributed by atoms with Crippen LogP contribution in [-0.2, 0) is 38.2 Å². The number of aliphatic hydroxyl groups excluding tert-OH is 1. The van der Waals surface area contributed by atoms with E-state index < -0.39 is 45.5 Å². The van der Waals surface area contributed by atoms with Crippen molar-refractivity contribution in [2.45, 2.75) is 83.5 Å². The Morgan fingerprint density at radius 1 is 0.962 bits per heavy atom. The highest BCUT2D eigenvalue weighted by atomic mass is 32.2. The van der Waals surface area contributed by atoms with Crippen molar-refractivity contribution in [3.05, 3.63) is 70.9 Å². The predicted octanol–water partition coefficient (Wildman–Crippen LogP) is 3.93. The van der Waals surface area contributed by atoms with Crippen molar-refractivity contribution in [3.8, 4) is 10.4 Å². The third-order valence-corrected chi connectivity index (χ3v) is 11.0. The van der Waals surface area contributed by atoms with Crippen molar-refractivity contribution in [1.82, 2.24) is 20.5 Å². The number of β-amino-alcohol motifs (C(OH)–C–C–N with tert-alkyl or cyclic N) is 1. The second-order valence-electron chi connectivity index (χ2n) is 13.9. The van der Waals surface area contributed by atoms with E-state index in [1.54, 1.807) is 29.0 Å². The lowest BCUT2D eigenvalue weighted by molar-refractivity contribution is -0.144. The highest BCUT2D eigenvalue weighted by molar-refractivity contribution is 7.86. The van der Waals surface area contributed by atoms with Gasteiger partial charge in [-0.25, -0.2) is 4.98 Å². The first-order valence-electron chi connectivity index (χ1n) is 17.3. The van der Waals surface area contributed by atoms with Gasteiger partial charge in [0.2, 0.25) is 17.7 Å². The summed E-state index contributed by atoms with van der Waals surface area (Å²) in [6.45, 7) is 11.4. The van der Waals surface area contributed by atoms with Gasteiger partial charge in [0.15, 0.2) is 0 Å². The Kier molecular flexibility index (Phi) is 14.5. The van der Waals surface area contributed by atoms with Gasteiger partial charge in [-0.2, -0.15) is 8.42 Å². The minimum absolute atomic E-state index is 0.0246. The molecule has 1 fully saturated rings. The van der Waals surface area contributed by atoms with Crippen LogP contribution in [0.1, 0.15) is 63.4 Å². The van der Waals surface area contributed by atoms with Gasteiger partial charge in [0.25, 0.3) is 10.1 Å².